The van der Waals surface area contributed by atoms with Crippen LogP contribution in [0.4, 0.5) is 5.69 Å². The Labute approximate surface area is 182 Å². The predicted molar refractivity (Wildman–Crippen MR) is 125 cm³/mol. The zero-order valence-corrected chi connectivity index (χ0v) is 19.4. The van der Waals surface area contributed by atoms with Gasteiger partial charge in [-0.3, -0.25) is 4.79 Å². The molecule has 0 heterocycles. The van der Waals surface area contributed by atoms with Crippen LogP contribution in [-0.4, -0.2) is 19.1 Å². The number of carbonyl (C=O) groups excluding carboxylic acids is 1. The highest BCUT2D eigenvalue weighted by molar-refractivity contribution is 5.93. The minimum atomic E-state index is -0.210. The molecule has 1 amide bonds. The number of carbonyl (C=O) groups is 1. The first-order chi connectivity index (χ1) is 14.1. The molecule has 30 heavy (non-hydrogen) atoms. The second-order valence-corrected chi connectivity index (χ2v) is 9.68. The van der Waals surface area contributed by atoms with Crippen molar-refractivity contribution < 1.29 is 14.3 Å². The molecule has 0 aliphatic rings. The van der Waals surface area contributed by atoms with E-state index < -0.39 is 0 Å². The zero-order chi connectivity index (χ0) is 22.2. The lowest BCUT2D eigenvalue weighted by molar-refractivity contribution is -0.118. The summed E-state index contributed by atoms with van der Waals surface area (Å²) in [6.07, 6.45) is 3.13. The normalized spacial score (nSPS) is 11.8. The predicted octanol–water partition coefficient (Wildman–Crippen LogP) is 6.60. The molecule has 4 heteroatoms. The first-order valence-corrected chi connectivity index (χ1v) is 10.9. The number of amides is 1. The molecule has 2 aromatic carbocycles. The molecule has 1 N–H and O–H groups in total. The lowest BCUT2D eigenvalue weighted by atomic mass is 9.72. The molecule has 0 aliphatic heterocycles. The van der Waals surface area contributed by atoms with Gasteiger partial charge >= 0.3 is 0 Å². The van der Waals surface area contributed by atoms with Gasteiger partial charge in [-0.2, -0.15) is 0 Å². The van der Waals surface area contributed by atoms with Crippen molar-refractivity contribution in [1.29, 1.82) is 0 Å². The Hall–Kier alpha value is -2.49. The largest absolute Gasteiger partial charge is 0.491 e. The van der Waals surface area contributed by atoms with Crippen molar-refractivity contribution in [2.75, 3.05) is 18.5 Å². The van der Waals surface area contributed by atoms with E-state index in [-0.39, 0.29) is 23.3 Å². The molecule has 0 radical (unpaired) electrons. The quantitative estimate of drug-likeness (QED) is 0.448. The summed E-state index contributed by atoms with van der Waals surface area (Å²) in [5.41, 5.74) is 2.28. The molecule has 0 unspecified atom stereocenters. The SMILES string of the molecule is CCCCOc1ccccc1NC(=O)COc1ccc(C(C)(C)CC(C)(C)C)cc1. The fraction of sp³-hybridized carbons (Fsp3) is 0.500. The third kappa shape index (κ3) is 7.74. The van der Waals surface area contributed by atoms with Gasteiger partial charge in [-0.15, -0.1) is 0 Å². The smallest absolute Gasteiger partial charge is 0.262 e. The van der Waals surface area contributed by atoms with Crippen molar-refractivity contribution in [3.63, 3.8) is 0 Å². The van der Waals surface area contributed by atoms with Crippen molar-refractivity contribution >= 4 is 11.6 Å². The highest BCUT2D eigenvalue weighted by Gasteiger charge is 2.27. The highest BCUT2D eigenvalue weighted by atomic mass is 16.5. The summed E-state index contributed by atoms with van der Waals surface area (Å²) in [4.78, 5) is 12.4. The molecular formula is C26H37NO3. The fourth-order valence-electron chi connectivity index (χ4n) is 3.79. The average Bonchev–Trinajstić information content (AvgIpc) is 2.66. The van der Waals surface area contributed by atoms with Gasteiger partial charge in [0.2, 0.25) is 0 Å². The van der Waals surface area contributed by atoms with Gasteiger partial charge in [-0.25, -0.2) is 0 Å². The van der Waals surface area contributed by atoms with Gasteiger partial charge in [0.25, 0.3) is 5.91 Å². The summed E-state index contributed by atoms with van der Waals surface area (Å²) in [5.74, 6) is 1.16. The number of hydrogen-bond donors (Lipinski definition) is 1. The molecule has 2 aromatic rings. The van der Waals surface area contributed by atoms with Crippen molar-refractivity contribution in [2.45, 2.75) is 66.2 Å². The topological polar surface area (TPSA) is 47.6 Å². The monoisotopic (exact) mass is 411 g/mol. The highest BCUT2D eigenvalue weighted by Crippen LogP contribution is 2.36. The molecule has 0 bridgehead atoms. The van der Waals surface area contributed by atoms with Crippen molar-refractivity contribution in [3.05, 3.63) is 54.1 Å². The number of para-hydroxylation sites is 2. The Balaban J connectivity index is 1.91. The average molecular weight is 412 g/mol. The molecule has 0 fully saturated rings. The maximum Gasteiger partial charge on any atom is 0.262 e. The number of nitrogens with one attached hydrogen (secondary N) is 1. The van der Waals surface area contributed by atoms with Gasteiger partial charge in [0.15, 0.2) is 6.61 Å². The molecule has 0 saturated carbocycles. The standard InChI is InChI=1S/C26H37NO3/c1-7-8-17-29-23-12-10-9-11-22(23)27-24(28)18-30-21-15-13-20(14-16-21)26(5,6)19-25(2,3)4/h9-16H,7-8,17-19H2,1-6H3,(H,27,28). The van der Waals surface area contributed by atoms with Crippen LogP contribution in [-0.2, 0) is 10.2 Å². The summed E-state index contributed by atoms with van der Waals surface area (Å²) >= 11 is 0. The van der Waals surface area contributed by atoms with E-state index in [2.05, 4.69) is 59.0 Å². The van der Waals surface area contributed by atoms with Gasteiger partial charge in [0.1, 0.15) is 11.5 Å². The second-order valence-electron chi connectivity index (χ2n) is 9.68. The van der Waals surface area contributed by atoms with E-state index in [0.29, 0.717) is 23.8 Å². The minimum Gasteiger partial charge on any atom is -0.491 e. The third-order valence-electron chi connectivity index (χ3n) is 4.89. The first kappa shape index (κ1) is 23.8. The van der Waals surface area contributed by atoms with E-state index in [1.165, 1.54) is 5.56 Å². The summed E-state index contributed by atoms with van der Waals surface area (Å²) in [5, 5.41) is 2.88. The third-order valence-corrected chi connectivity index (χ3v) is 4.89. The maximum absolute atomic E-state index is 12.4. The van der Waals surface area contributed by atoms with Gasteiger partial charge in [0, 0.05) is 0 Å². The van der Waals surface area contributed by atoms with E-state index in [1.54, 1.807) is 0 Å². The van der Waals surface area contributed by atoms with Crippen LogP contribution in [0.3, 0.4) is 0 Å². The Morgan fingerprint density at radius 2 is 1.60 bits per heavy atom. The van der Waals surface area contributed by atoms with E-state index in [0.717, 1.165) is 19.3 Å². The molecule has 0 atom stereocenters. The number of unbranched alkanes of at least 4 members (excludes halogenated alkanes) is 1. The zero-order valence-electron chi connectivity index (χ0n) is 19.4. The van der Waals surface area contributed by atoms with Gasteiger partial charge < -0.3 is 14.8 Å². The van der Waals surface area contributed by atoms with E-state index in [4.69, 9.17) is 9.47 Å². The Kier molecular flexibility index (Phi) is 8.33. The van der Waals surface area contributed by atoms with Crippen LogP contribution in [0.25, 0.3) is 0 Å². The molecule has 0 saturated heterocycles. The molecule has 2 rings (SSSR count). The van der Waals surface area contributed by atoms with Gasteiger partial charge in [-0.05, 0) is 53.5 Å². The van der Waals surface area contributed by atoms with E-state index in [9.17, 15) is 4.79 Å². The molecular weight excluding hydrogens is 374 g/mol. The van der Waals surface area contributed by atoms with Crippen molar-refractivity contribution in [2.24, 2.45) is 5.41 Å². The molecule has 0 aromatic heterocycles. The molecule has 4 nitrogen and oxygen atoms in total. The summed E-state index contributed by atoms with van der Waals surface area (Å²) in [6.45, 7) is 14.0. The molecule has 164 valence electrons. The first-order valence-electron chi connectivity index (χ1n) is 10.9. The lowest BCUT2D eigenvalue weighted by Gasteiger charge is -2.33. The van der Waals surface area contributed by atoms with Gasteiger partial charge in [-0.1, -0.05) is 72.2 Å². The van der Waals surface area contributed by atoms with Crippen LogP contribution in [0, 0.1) is 5.41 Å². The van der Waals surface area contributed by atoms with Crippen LogP contribution in [0.1, 0.15) is 66.4 Å². The Morgan fingerprint density at radius 1 is 0.933 bits per heavy atom. The number of hydrogen-bond acceptors (Lipinski definition) is 3. The molecule has 0 spiro atoms. The number of ether oxygens (including phenoxy) is 2. The van der Waals surface area contributed by atoms with Crippen molar-refractivity contribution in [3.8, 4) is 11.5 Å². The number of anilines is 1. The second kappa shape index (κ2) is 10.5. The number of benzene rings is 2. The summed E-state index contributed by atoms with van der Waals surface area (Å²) in [6, 6.07) is 15.5. The van der Waals surface area contributed by atoms with Crippen LogP contribution in [0.15, 0.2) is 48.5 Å². The maximum atomic E-state index is 12.4. The Morgan fingerprint density at radius 3 is 2.23 bits per heavy atom. The lowest BCUT2D eigenvalue weighted by Crippen LogP contribution is -2.24. The van der Waals surface area contributed by atoms with Gasteiger partial charge in [0.05, 0.1) is 12.3 Å². The summed E-state index contributed by atoms with van der Waals surface area (Å²) < 4.78 is 11.5. The van der Waals surface area contributed by atoms with Crippen LogP contribution in [0.2, 0.25) is 0 Å². The number of rotatable bonds is 10. The van der Waals surface area contributed by atoms with E-state index in [1.807, 2.05) is 36.4 Å². The van der Waals surface area contributed by atoms with Crippen LogP contribution < -0.4 is 14.8 Å². The van der Waals surface area contributed by atoms with Crippen molar-refractivity contribution in [1.82, 2.24) is 0 Å². The summed E-state index contributed by atoms with van der Waals surface area (Å²) in [7, 11) is 0. The Bertz CT molecular complexity index is 804. The van der Waals surface area contributed by atoms with Crippen LogP contribution in [0.5, 0.6) is 11.5 Å². The van der Waals surface area contributed by atoms with E-state index >= 15 is 0 Å². The molecule has 0 aliphatic carbocycles. The fourth-order valence-corrected chi connectivity index (χ4v) is 3.79. The minimum absolute atomic E-state index is 0.0476. The van der Waals surface area contributed by atoms with Crippen LogP contribution >= 0.6 is 0 Å².